The minimum atomic E-state index is -3.15. The number of sulfonamides is 1. The number of piperidine rings is 1. The van der Waals surface area contributed by atoms with Gasteiger partial charge in [-0.05, 0) is 30.7 Å². The number of likely N-dealkylation sites (tertiary alicyclic amines) is 1. The van der Waals surface area contributed by atoms with Crippen LogP contribution in [0.1, 0.15) is 29.8 Å². The van der Waals surface area contributed by atoms with Gasteiger partial charge in [0.2, 0.25) is 10.0 Å². The minimum absolute atomic E-state index is 0.0413. The highest BCUT2D eigenvalue weighted by atomic mass is 32.2. The quantitative estimate of drug-likeness (QED) is 0.849. The third-order valence-corrected chi connectivity index (χ3v) is 5.24. The largest absolute Gasteiger partial charge is 0.337 e. The molecule has 1 aliphatic carbocycles. The van der Waals surface area contributed by atoms with Crippen LogP contribution < -0.4 is 4.72 Å². The molecule has 1 aromatic heterocycles. The van der Waals surface area contributed by atoms with Crippen molar-refractivity contribution in [2.75, 3.05) is 19.3 Å². The van der Waals surface area contributed by atoms with Gasteiger partial charge in [-0.15, -0.1) is 0 Å². The Balaban J connectivity index is 1.58. The molecule has 1 saturated carbocycles. The van der Waals surface area contributed by atoms with Crippen LogP contribution >= 0.6 is 0 Å². The first kappa shape index (κ1) is 14.5. The Hall–Kier alpha value is -1.41. The van der Waals surface area contributed by atoms with E-state index in [1.165, 1.54) is 6.26 Å². The first-order valence-corrected chi connectivity index (χ1v) is 8.94. The summed E-state index contributed by atoms with van der Waals surface area (Å²) in [5.74, 6) is -0.0428. The third kappa shape index (κ3) is 2.96. The zero-order valence-corrected chi connectivity index (χ0v) is 13.1. The summed E-state index contributed by atoms with van der Waals surface area (Å²) in [5, 5.41) is 4.13. The summed E-state index contributed by atoms with van der Waals surface area (Å²) in [4.78, 5) is 14.1. The highest BCUT2D eigenvalue weighted by Crippen LogP contribution is 2.54. The summed E-state index contributed by atoms with van der Waals surface area (Å²) >= 11 is 0. The molecule has 7 nitrogen and oxygen atoms in total. The van der Waals surface area contributed by atoms with Crippen molar-refractivity contribution in [1.82, 2.24) is 19.4 Å². The van der Waals surface area contributed by atoms with E-state index < -0.39 is 10.0 Å². The summed E-state index contributed by atoms with van der Waals surface area (Å²) in [6.45, 7) is 1.33. The van der Waals surface area contributed by atoms with E-state index in [9.17, 15) is 13.2 Å². The summed E-state index contributed by atoms with van der Waals surface area (Å²) in [5.41, 5.74) is 0.527. The average molecular weight is 312 g/mol. The predicted octanol–water partition coefficient (Wildman–Crippen LogP) is -0.0360. The van der Waals surface area contributed by atoms with E-state index in [4.69, 9.17) is 0 Å². The maximum absolute atomic E-state index is 12.3. The number of amides is 1. The molecule has 0 bridgehead atoms. The van der Waals surface area contributed by atoms with Crippen molar-refractivity contribution < 1.29 is 13.2 Å². The molecule has 2 fully saturated rings. The Labute approximate surface area is 124 Å². The molecule has 8 heteroatoms. The molecule has 2 heterocycles. The standard InChI is InChI=1S/C13H20N4O3S/c1-16-6-3-10(14-16)12(18)17-7-4-13(5-8-17)9-11(13)15-21(2,19)20/h3,6,11,15H,4-5,7-9H2,1-2H3. The van der Waals surface area contributed by atoms with Crippen LogP contribution in [0.25, 0.3) is 0 Å². The van der Waals surface area contributed by atoms with Crippen molar-refractivity contribution in [2.24, 2.45) is 12.5 Å². The maximum Gasteiger partial charge on any atom is 0.274 e. The van der Waals surface area contributed by atoms with Crippen LogP contribution in [0.5, 0.6) is 0 Å². The van der Waals surface area contributed by atoms with E-state index >= 15 is 0 Å². The predicted molar refractivity (Wildman–Crippen MR) is 77.2 cm³/mol. The Morgan fingerprint density at radius 1 is 1.43 bits per heavy atom. The molecule has 116 valence electrons. The van der Waals surface area contributed by atoms with Gasteiger partial charge < -0.3 is 4.90 Å². The molecule has 1 spiro atoms. The van der Waals surface area contributed by atoms with E-state index in [0.717, 1.165) is 19.3 Å². The zero-order chi connectivity index (χ0) is 15.3. The molecule has 3 rings (SSSR count). The van der Waals surface area contributed by atoms with Gasteiger partial charge >= 0.3 is 0 Å². The third-order valence-electron chi connectivity index (χ3n) is 4.53. The maximum atomic E-state index is 12.3. The van der Waals surface area contributed by atoms with Crippen molar-refractivity contribution >= 4 is 15.9 Å². The lowest BCUT2D eigenvalue weighted by molar-refractivity contribution is 0.0667. The van der Waals surface area contributed by atoms with Crippen molar-refractivity contribution in [2.45, 2.75) is 25.3 Å². The number of carbonyl (C=O) groups excluding carboxylic acids is 1. The van der Waals surface area contributed by atoms with Crippen molar-refractivity contribution in [3.8, 4) is 0 Å². The summed E-state index contributed by atoms with van der Waals surface area (Å²) in [6, 6.07) is 1.76. The number of aromatic nitrogens is 2. The number of nitrogens with zero attached hydrogens (tertiary/aromatic N) is 3. The van der Waals surface area contributed by atoms with Gasteiger partial charge in [0, 0.05) is 32.4 Å². The lowest BCUT2D eigenvalue weighted by Gasteiger charge is -2.32. The second-order valence-corrected chi connectivity index (χ2v) is 7.96. The number of nitrogens with one attached hydrogen (secondary N) is 1. The molecule has 1 N–H and O–H groups in total. The van der Waals surface area contributed by atoms with Crippen LogP contribution in [-0.2, 0) is 17.1 Å². The molecular weight excluding hydrogens is 292 g/mol. The van der Waals surface area contributed by atoms with Gasteiger partial charge in [0.15, 0.2) is 0 Å². The van der Waals surface area contributed by atoms with Crippen LogP contribution in [0, 0.1) is 5.41 Å². The lowest BCUT2D eigenvalue weighted by atomic mass is 9.92. The monoisotopic (exact) mass is 312 g/mol. The number of carbonyl (C=O) groups is 1. The second kappa shape index (κ2) is 4.81. The van der Waals surface area contributed by atoms with Crippen LogP contribution in [0.2, 0.25) is 0 Å². The van der Waals surface area contributed by atoms with Gasteiger partial charge in [-0.3, -0.25) is 9.48 Å². The van der Waals surface area contributed by atoms with E-state index in [0.29, 0.717) is 18.8 Å². The van der Waals surface area contributed by atoms with Crippen LogP contribution in [0.4, 0.5) is 0 Å². The van der Waals surface area contributed by atoms with E-state index in [1.807, 2.05) is 4.90 Å². The molecule has 1 atom stereocenters. The number of hydrogen-bond acceptors (Lipinski definition) is 4. The Morgan fingerprint density at radius 2 is 2.10 bits per heavy atom. The van der Waals surface area contributed by atoms with Crippen LogP contribution in [0.15, 0.2) is 12.3 Å². The Bertz CT molecular complexity index is 659. The van der Waals surface area contributed by atoms with Gasteiger partial charge in [-0.1, -0.05) is 0 Å². The average Bonchev–Trinajstić information content (AvgIpc) is 2.83. The Morgan fingerprint density at radius 3 is 2.62 bits per heavy atom. The van der Waals surface area contributed by atoms with Crippen molar-refractivity contribution in [1.29, 1.82) is 0 Å². The molecule has 1 aromatic rings. The fourth-order valence-corrected chi connectivity index (χ4v) is 4.02. The van der Waals surface area contributed by atoms with Crippen molar-refractivity contribution in [3.63, 3.8) is 0 Å². The molecule has 2 aliphatic rings. The normalized spacial score (nSPS) is 24.3. The van der Waals surface area contributed by atoms with Gasteiger partial charge in [0.1, 0.15) is 5.69 Å². The van der Waals surface area contributed by atoms with E-state index in [-0.39, 0.29) is 17.4 Å². The van der Waals surface area contributed by atoms with Gasteiger partial charge in [0.25, 0.3) is 5.91 Å². The molecule has 1 amide bonds. The fraction of sp³-hybridized carbons (Fsp3) is 0.692. The number of aryl methyl sites for hydroxylation is 1. The van der Waals surface area contributed by atoms with E-state index in [2.05, 4.69) is 9.82 Å². The minimum Gasteiger partial charge on any atom is -0.337 e. The number of rotatable bonds is 3. The molecular formula is C13H20N4O3S. The van der Waals surface area contributed by atoms with Gasteiger partial charge in [-0.2, -0.15) is 5.10 Å². The fourth-order valence-electron chi connectivity index (χ4n) is 3.17. The lowest BCUT2D eigenvalue weighted by Crippen LogP contribution is -2.41. The smallest absolute Gasteiger partial charge is 0.274 e. The SMILES string of the molecule is Cn1ccc(C(=O)N2CCC3(CC2)CC3NS(C)(=O)=O)n1. The molecule has 1 saturated heterocycles. The van der Waals surface area contributed by atoms with Crippen LogP contribution in [-0.4, -0.2) is 54.4 Å². The molecule has 21 heavy (non-hydrogen) atoms. The molecule has 1 unspecified atom stereocenters. The van der Waals surface area contributed by atoms with E-state index in [1.54, 1.807) is 24.0 Å². The summed E-state index contributed by atoms with van der Waals surface area (Å²) in [7, 11) is -1.36. The molecule has 0 radical (unpaired) electrons. The first-order chi connectivity index (χ1) is 9.79. The number of hydrogen-bond donors (Lipinski definition) is 1. The highest BCUT2D eigenvalue weighted by molar-refractivity contribution is 7.88. The summed E-state index contributed by atoms with van der Waals surface area (Å²) < 4.78 is 26.9. The Kier molecular flexibility index (Phi) is 3.32. The van der Waals surface area contributed by atoms with Crippen LogP contribution in [0.3, 0.4) is 0 Å². The zero-order valence-electron chi connectivity index (χ0n) is 12.2. The molecule has 1 aliphatic heterocycles. The van der Waals surface area contributed by atoms with Crippen molar-refractivity contribution in [3.05, 3.63) is 18.0 Å². The highest BCUT2D eigenvalue weighted by Gasteiger charge is 2.56. The second-order valence-electron chi connectivity index (χ2n) is 6.18. The van der Waals surface area contributed by atoms with Gasteiger partial charge in [0.05, 0.1) is 6.26 Å². The first-order valence-electron chi connectivity index (χ1n) is 7.05. The topological polar surface area (TPSA) is 84.3 Å². The molecule has 0 aromatic carbocycles. The summed E-state index contributed by atoms with van der Waals surface area (Å²) in [6.07, 6.45) is 5.52. The van der Waals surface area contributed by atoms with Gasteiger partial charge in [-0.25, -0.2) is 13.1 Å².